The van der Waals surface area contributed by atoms with Crippen LogP contribution in [0, 0.1) is 0 Å². The third kappa shape index (κ3) is 4.84. The maximum atomic E-state index is 11.9. The van der Waals surface area contributed by atoms with E-state index in [1.807, 2.05) is 42.6 Å². The molecular weight excluding hydrogens is 304 g/mol. The molecular formula is C15H18N2O2S2. The van der Waals surface area contributed by atoms with Gasteiger partial charge in [0.25, 0.3) is 0 Å². The summed E-state index contributed by atoms with van der Waals surface area (Å²) in [7, 11) is 1.62. The molecule has 0 unspecified atom stereocenters. The Morgan fingerprint density at radius 1 is 1.43 bits per heavy atom. The van der Waals surface area contributed by atoms with Crippen LogP contribution in [-0.2, 0) is 9.53 Å². The summed E-state index contributed by atoms with van der Waals surface area (Å²) in [4.78, 5) is 16.5. The molecule has 1 N–H and O–H groups in total. The molecule has 1 atom stereocenters. The van der Waals surface area contributed by atoms with Gasteiger partial charge < -0.3 is 10.1 Å². The second-order valence-electron chi connectivity index (χ2n) is 4.41. The molecule has 0 aliphatic rings. The van der Waals surface area contributed by atoms with Crippen molar-refractivity contribution in [3.63, 3.8) is 0 Å². The van der Waals surface area contributed by atoms with Crippen molar-refractivity contribution in [1.82, 2.24) is 10.3 Å². The van der Waals surface area contributed by atoms with Gasteiger partial charge in [-0.1, -0.05) is 42.1 Å². The summed E-state index contributed by atoms with van der Waals surface area (Å²) in [5, 5.41) is 4.69. The van der Waals surface area contributed by atoms with Gasteiger partial charge in [-0.2, -0.15) is 0 Å². The molecule has 0 radical (unpaired) electrons. The molecule has 1 aromatic heterocycles. The van der Waals surface area contributed by atoms with Crippen LogP contribution in [0.4, 0.5) is 0 Å². The molecule has 0 saturated heterocycles. The molecule has 0 saturated carbocycles. The molecule has 4 nitrogen and oxygen atoms in total. The second kappa shape index (κ2) is 8.17. The van der Waals surface area contributed by atoms with Crippen molar-refractivity contribution in [2.45, 2.75) is 16.5 Å². The smallest absolute Gasteiger partial charge is 0.233 e. The maximum absolute atomic E-state index is 11.9. The monoisotopic (exact) mass is 322 g/mol. The Morgan fingerprint density at radius 3 is 2.90 bits per heavy atom. The van der Waals surface area contributed by atoms with Gasteiger partial charge in [0, 0.05) is 24.6 Å². The van der Waals surface area contributed by atoms with Crippen LogP contribution in [0.1, 0.15) is 6.92 Å². The van der Waals surface area contributed by atoms with Crippen LogP contribution in [0.25, 0.3) is 11.3 Å². The van der Waals surface area contributed by atoms with Gasteiger partial charge in [0.05, 0.1) is 17.6 Å². The summed E-state index contributed by atoms with van der Waals surface area (Å²) >= 11 is 3.05. The van der Waals surface area contributed by atoms with Gasteiger partial charge in [-0.25, -0.2) is 4.98 Å². The average molecular weight is 322 g/mol. The number of nitrogens with zero attached hydrogens (tertiary/aromatic N) is 1. The fraction of sp³-hybridized carbons (Fsp3) is 0.333. The standard InChI is InChI=1S/C15H18N2O2S2/c1-11(14(18)16-8-9-19-2)21-15-17-13(10-20-15)12-6-4-3-5-7-12/h3-7,10-11H,8-9H2,1-2H3,(H,16,18)/t11-/m0/s1. The van der Waals surface area contributed by atoms with E-state index in [0.29, 0.717) is 13.2 Å². The lowest BCUT2D eigenvalue weighted by Gasteiger charge is -2.09. The normalized spacial score (nSPS) is 12.1. The number of ether oxygens (including phenoxy) is 1. The van der Waals surface area contributed by atoms with Crippen LogP contribution in [0.5, 0.6) is 0 Å². The number of amides is 1. The van der Waals surface area contributed by atoms with Gasteiger partial charge in [-0.15, -0.1) is 11.3 Å². The van der Waals surface area contributed by atoms with E-state index in [1.54, 1.807) is 18.4 Å². The number of hydrogen-bond donors (Lipinski definition) is 1. The van der Waals surface area contributed by atoms with E-state index < -0.39 is 0 Å². The van der Waals surface area contributed by atoms with Crippen LogP contribution >= 0.6 is 23.1 Å². The second-order valence-corrected chi connectivity index (χ2v) is 6.85. The number of rotatable bonds is 7. The number of nitrogens with one attached hydrogen (secondary N) is 1. The van der Waals surface area contributed by atoms with Crippen LogP contribution in [0.2, 0.25) is 0 Å². The lowest BCUT2D eigenvalue weighted by Crippen LogP contribution is -2.33. The van der Waals surface area contributed by atoms with E-state index in [4.69, 9.17) is 4.74 Å². The predicted molar refractivity (Wildman–Crippen MR) is 87.8 cm³/mol. The quantitative estimate of drug-likeness (QED) is 0.629. The Kier molecular flexibility index (Phi) is 6.22. The lowest BCUT2D eigenvalue weighted by atomic mass is 10.2. The summed E-state index contributed by atoms with van der Waals surface area (Å²) in [6, 6.07) is 10.0. The minimum Gasteiger partial charge on any atom is -0.383 e. The SMILES string of the molecule is COCCNC(=O)[C@H](C)Sc1nc(-c2ccccc2)cs1. The number of carbonyl (C=O) groups is 1. The molecule has 2 rings (SSSR count). The minimum atomic E-state index is -0.170. The number of hydrogen-bond acceptors (Lipinski definition) is 5. The highest BCUT2D eigenvalue weighted by Gasteiger charge is 2.16. The molecule has 1 aromatic carbocycles. The van der Waals surface area contributed by atoms with Gasteiger partial charge >= 0.3 is 0 Å². The van der Waals surface area contributed by atoms with Crippen molar-refractivity contribution >= 4 is 29.0 Å². The fourth-order valence-electron chi connectivity index (χ4n) is 1.68. The number of methoxy groups -OCH3 is 1. The molecule has 0 fully saturated rings. The van der Waals surface area contributed by atoms with E-state index in [-0.39, 0.29) is 11.2 Å². The van der Waals surface area contributed by atoms with Crippen LogP contribution in [0.15, 0.2) is 40.1 Å². The topological polar surface area (TPSA) is 51.2 Å². The Hall–Kier alpha value is -1.37. The zero-order valence-corrected chi connectivity index (χ0v) is 13.7. The molecule has 0 bridgehead atoms. The van der Waals surface area contributed by atoms with E-state index in [0.717, 1.165) is 15.6 Å². The molecule has 1 heterocycles. The first kappa shape index (κ1) is 16.0. The Balaban J connectivity index is 1.91. The van der Waals surface area contributed by atoms with Crippen molar-refractivity contribution in [2.75, 3.05) is 20.3 Å². The first-order chi connectivity index (χ1) is 10.2. The number of carbonyl (C=O) groups excluding carboxylic acids is 1. The summed E-state index contributed by atoms with van der Waals surface area (Å²) in [5.41, 5.74) is 2.05. The van der Waals surface area contributed by atoms with Gasteiger partial charge in [0.15, 0.2) is 4.34 Å². The van der Waals surface area contributed by atoms with Crippen LogP contribution < -0.4 is 5.32 Å². The highest BCUT2D eigenvalue weighted by atomic mass is 32.2. The Morgan fingerprint density at radius 2 is 2.19 bits per heavy atom. The van der Waals surface area contributed by atoms with Crippen molar-refractivity contribution in [3.8, 4) is 11.3 Å². The van der Waals surface area contributed by atoms with Crippen molar-refractivity contribution in [2.24, 2.45) is 0 Å². The Bertz CT molecular complexity index is 572. The molecule has 0 spiro atoms. The zero-order chi connectivity index (χ0) is 15.1. The number of thioether (sulfide) groups is 1. The lowest BCUT2D eigenvalue weighted by molar-refractivity contribution is -0.120. The fourth-order valence-corrected chi connectivity index (χ4v) is 3.67. The van der Waals surface area contributed by atoms with E-state index >= 15 is 0 Å². The van der Waals surface area contributed by atoms with Crippen molar-refractivity contribution in [3.05, 3.63) is 35.7 Å². The number of aromatic nitrogens is 1. The van der Waals surface area contributed by atoms with E-state index in [2.05, 4.69) is 10.3 Å². The zero-order valence-electron chi connectivity index (χ0n) is 12.0. The average Bonchev–Trinajstić information content (AvgIpc) is 2.97. The summed E-state index contributed by atoms with van der Waals surface area (Å²) < 4.78 is 5.82. The van der Waals surface area contributed by atoms with Gasteiger partial charge in [-0.05, 0) is 6.92 Å². The number of benzene rings is 1. The highest BCUT2D eigenvalue weighted by Crippen LogP contribution is 2.30. The summed E-state index contributed by atoms with van der Waals surface area (Å²) in [6.45, 7) is 2.95. The van der Waals surface area contributed by atoms with Gasteiger partial charge in [0.1, 0.15) is 0 Å². The summed E-state index contributed by atoms with van der Waals surface area (Å²) in [5.74, 6) is 0.00788. The predicted octanol–water partition coefficient (Wildman–Crippen LogP) is 3.05. The molecule has 2 aromatic rings. The van der Waals surface area contributed by atoms with Crippen molar-refractivity contribution < 1.29 is 9.53 Å². The van der Waals surface area contributed by atoms with Gasteiger partial charge in [0.2, 0.25) is 5.91 Å². The largest absolute Gasteiger partial charge is 0.383 e. The first-order valence-electron chi connectivity index (χ1n) is 6.65. The number of thiazole rings is 1. The minimum absolute atomic E-state index is 0.00788. The van der Waals surface area contributed by atoms with Gasteiger partial charge in [-0.3, -0.25) is 4.79 Å². The molecule has 6 heteroatoms. The third-order valence-corrected chi connectivity index (χ3v) is 4.88. The molecule has 1 amide bonds. The molecule has 0 aliphatic heterocycles. The van der Waals surface area contributed by atoms with E-state index in [1.165, 1.54) is 11.8 Å². The summed E-state index contributed by atoms with van der Waals surface area (Å²) in [6.07, 6.45) is 0. The van der Waals surface area contributed by atoms with Crippen LogP contribution in [-0.4, -0.2) is 36.4 Å². The highest BCUT2D eigenvalue weighted by molar-refractivity contribution is 8.02. The Labute approximate surface area is 132 Å². The molecule has 21 heavy (non-hydrogen) atoms. The van der Waals surface area contributed by atoms with Crippen molar-refractivity contribution in [1.29, 1.82) is 0 Å². The van der Waals surface area contributed by atoms with E-state index in [9.17, 15) is 4.79 Å². The molecule has 112 valence electrons. The molecule has 0 aliphatic carbocycles. The third-order valence-electron chi connectivity index (χ3n) is 2.80. The maximum Gasteiger partial charge on any atom is 0.233 e. The van der Waals surface area contributed by atoms with Crippen LogP contribution in [0.3, 0.4) is 0 Å². The first-order valence-corrected chi connectivity index (χ1v) is 8.41.